The minimum atomic E-state index is -1.02. The fourth-order valence-corrected chi connectivity index (χ4v) is 2.86. The predicted molar refractivity (Wildman–Crippen MR) is 105 cm³/mol. The average molecular weight is 378 g/mol. The van der Waals surface area contributed by atoms with Gasteiger partial charge in [0.15, 0.2) is 5.92 Å². The number of hydrogen-bond donors (Lipinski definition) is 2. The van der Waals surface area contributed by atoms with Crippen LogP contribution in [-0.2, 0) is 9.53 Å². The van der Waals surface area contributed by atoms with Crippen molar-refractivity contribution in [3.05, 3.63) is 71.8 Å². The van der Waals surface area contributed by atoms with Crippen molar-refractivity contribution in [2.24, 2.45) is 16.8 Å². The first-order chi connectivity index (χ1) is 13.6. The highest BCUT2D eigenvalue weighted by Crippen LogP contribution is 2.31. The molecule has 0 aliphatic rings. The lowest BCUT2D eigenvalue weighted by Gasteiger charge is -2.22. The van der Waals surface area contributed by atoms with Crippen molar-refractivity contribution in [1.29, 1.82) is 5.26 Å². The molecule has 0 bridgehead atoms. The number of urea groups is 1. The van der Waals surface area contributed by atoms with Crippen molar-refractivity contribution >= 4 is 17.7 Å². The van der Waals surface area contributed by atoms with Gasteiger partial charge in [0, 0.05) is 12.3 Å². The van der Waals surface area contributed by atoms with Gasteiger partial charge >= 0.3 is 12.0 Å². The van der Waals surface area contributed by atoms with Crippen molar-refractivity contribution in [3.63, 3.8) is 0 Å². The van der Waals surface area contributed by atoms with Gasteiger partial charge in [0.2, 0.25) is 0 Å². The molecule has 0 fully saturated rings. The standard InChI is InChI=1S/C21H22N4O3/c1-2-28-20(26)18(14-22)17(15-9-5-3-6-10-15)13-19(24-25-21(23)27)16-11-7-4-8-12-16/h3-12,17-18H,2,13H2,1H3,(H3,23,25,27)/b24-19-. The number of nitrogens with two attached hydrogens (primary N) is 1. The van der Waals surface area contributed by atoms with Crippen LogP contribution in [0.3, 0.4) is 0 Å². The summed E-state index contributed by atoms with van der Waals surface area (Å²) in [6.07, 6.45) is 0.228. The van der Waals surface area contributed by atoms with Gasteiger partial charge < -0.3 is 10.5 Å². The molecule has 2 aromatic carbocycles. The normalized spacial score (nSPS) is 13.1. The van der Waals surface area contributed by atoms with Crippen LogP contribution >= 0.6 is 0 Å². The third kappa shape index (κ3) is 5.68. The smallest absolute Gasteiger partial charge is 0.332 e. The van der Waals surface area contributed by atoms with Gasteiger partial charge in [-0.05, 0) is 18.1 Å². The quantitative estimate of drug-likeness (QED) is 0.417. The van der Waals surface area contributed by atoms with Crippen LogP contribution < -0.4 is 11.2 Å². The first kappa shape index (κ1) is 20.6. The molecular formula is C21H22N4O3. The van der Waals surface area contributed by atoms with Crippen LogP contribution in [-0.4, -0.2) is 24.3 Å². The molecule has 2 unspecified atom stereocenters. The summed E-state index contributed by atoms with van der Waals surface area (Å²) in [5, 5.41) is 13.8. The van der Waals surface area contributed by atoms with Gasteiger partial charge in [0.25, 0.3) is 0 Å². The van der Waals surface area contributed by atoms with E-state index in [9.17, 15) is 14.9 Å². The monoisotopic (exact) mass is 378 g/mol. The van der Waals surface area contributed by atoms with E-state index in [1.165, 1.54) is 0 Å². The summed E-state index contributed by atoms with van der Waals surface area (Å²) in [5.74, 6) is -2.13. The second-order valence-corrected chi connectivity index (χ2v) is 5.98. The number of carbonyl (C=O) groups is 2. The summed E-state index contributed by atoms with van der Waals surface area (Å²) < 4.78 is 5.09. The average Bonchev–Trinajstić information content (AvgIpc) is 2.71. The van der Waals surface area contributed by atoms with E-state index < -0.39 is 23.8 Å². The van der Waals surface area contributed by atoms with Gasteiger partial charge in [-0.25, -0.2) is 10.2 Å². The predicted octanol–water partition coefficient (Wildman–Crippen LogP) is 2.94. The molecule has 2 amide bonds. The number of primary amides is 1. The zero-order valence-corrected chi connectivity index (χ0v) is 15.5. The maximum atomic E-state index is 12.4. The largest absolute Gasteiger partial charge is 0.465 e. The Morgan fingerprint density at radius 3 is 2.29 bits per heavy atom. The number of benzene rings is 2. The van der Waals surface area contributed by atoms with Gasteiger partial charge in [0.05, 0.1) is 18.4 Å². The van der Waals surface area contributed by atoms with Crippen LogP contribution in [0.5, 0.6) is 0 Å². The van der Waals surface area contributed by atoms with Gasteiger partial charge in [0.1, 0.15) is 0 Å². The fraction of sp³-hybridized carbons (Fsp3) is 0.238. The maximum absolute atomic E-state index is 12.4. The first-order valence-corrected chi connectivity index (χ1v) is 8.85. The van der Waals surface area contributed by atoms with Crippen LogP contribution in [0.25, 0.3) is 0 Å². The molecule has 0 aromatic heterocycles. The summed E-state index contributed by atoms with van der Waals surface area (Å²) in [5.41, 5.74) is 9.43. The van der Waals surface area contributed by atoms with Crippen LogP contribution in [0.15, 0.2) is 65.8 Å². The minimum Gasteiger partial charge on any atom is -0.465 e. The van der Waals surface area contributed by atoms with Gasteiger partial charge in [-0.15, -0.1) is 0 Å². The number of esters is 1. The van der Waals surface area contributed by atoms with Crippen LogP contribution in [0.4, 0.5) is 4.79 Å². The van der Waals surface area contributed by atoms with E-state index in [1.807, 2.05) is 60.7 Å². The molecule has 2 rings (SSSR count). The molecule has 2 atom stereocenters. The number of hydrogen-bond acceptors (Lipinski definition) is 5. The topological polar surface area (TPSA) is 118 Å². The summed E-state index contributed by atoms with van der Waals surface area (Å²) in [6.45, 7) is 1.87. The molecule has 0 aliphatic heterocycles. The summed E-state index contributed by atoms with van der Waals surface area (Å²) in [4.78, 5) is 23.6. The van der Waals surface area contributed by atoms with E-state index >= 15 is 0 Å². The van der Waals surface area contributed by atoms with E-state index in [-0.39, 0.29) is 13.0 Å². The lowest BCUT2D eigenvalue weighted by Crippen LogP contribution is -2.28. The van der Waals surface area contributed by atoms with Gasteiger partial charge in [-0.3, -0.25) is 4.79 Å². The maximum Gasteiger partial charge on any atom is 0.332 e. The molecule has 144 valence electrons. The number of ether oxygens (including phenoxy) is 1. The molecule has 0 spiro atoms. The highest BCUT2D eigenvalue weighted by atomic mass is 16.5. The first-order valence-electron chi connectivity index (χ1n) is 8.85. The lowest BCUT2D eigenvalue weighted by atomic mass is 9.82. The second kappa shape index (κ2) is 10.5. The Hall–Kier alpha value is -3.66. The number of nitrogens with one attached hydrogen (secondary N) is 1. The second-order valence-electron chi connectivity index (χ2n) is 5.98. The van der Waals surface area contributed by atoms with Crippen molar-refractivity contribution < 1.29 is 14.3 Å². The number of nitriles is 1. The molecule has 0 heterocycles. The molecular weight excluding hydrogens is 356 g/mol. The molecule has 0 aliphatic carbocycles. The van der Waals surface area contributed by atoms with Crippen LogP contribution in [0.1, 0.15) is 30.4 Å². The SMILES string of the molecule is CCOC(=O)C(C#N)C(C/C(=N/NC(N)=O)c1ccccc1)c1ccccc1. The van der Waals surface area contributed by atoms with Crippen molar-refractivity contribution in [2.75, 3.05) is 6.61 Å². The highest BCUT2D eigenvalue weighted by molar-refractivity contribution is 6.01. The Labute approximate surface area is 163 Å². The van der Waals surface area contributed by atoms with Crippen LogP contribution in [0, 0.1) is 17.2 Å². The highest BCUT2D eigenvalue weighted by Gasteiger charge is 2.32. The van der Waals surface area contributed by atoms with E-state index in [1.54, 1.807) is 6.92 Å². The third-order valence-corrected chi connectivity index (χ3v) is 4.13. The van der Waals surface area contributed by atoms with Crippen LogP contribution in [0.2, 0.25) is 0 Å². The lowest BCUT2D eigenvalue weighted by molar-refractivity contribution is -0.146. The van der Waals surface area contributed by atoms with E-state index in [0.29, 0.717) is 5.71 Å². The number of amides is 2. The number of carbonyl (C=O) groups excluding carboxylic acids is 2. The Morgan fingerprint density at radius 1 is 1.14 bits per heavy atom. The Morgan fingerprint density at radius 2 is 1.75 bits per heavy atom. The molecule has 28 heavy (non-hydrogen) atoms. The zero-order chi connectivity index (χ0) is 20.4. The van der Waals surface area contributed by atoms with E-state index in [2.05, 4.69) is 16.6 Å². The number of rotatable bonds is 8. The molecule has 7 nitrogen and oxygen atoms in total. The molecule has 0 saturated heterocycles. The fourth-order valence-electron chi connectivity index (χ4n) is 2.86. The van der Waals surface area contributed by atoms with Crippen molar-refractivity contribution in [2.45, 2.75) is 19.3 Å². The summed E-state index contributed by atoms with van der Waals surface area (Å²) >= 11 is 0. The Bertz CT molecular complexity index is 860. The number of nitrogens with zero attached hydrogens (tertiary/aromatic N) is 2. The van der Waals surface area contributed by atoms with Crippen molar-refractivity contribution in [1.82, 2.24) is 5.43 Å². The molecule has 0 radical (unpaired) electrons. The third-order valence-electron chi connectivity index (χ3n) is 4.13. The minimum absolute atomic E-state index is 0.182. The van der Waals surface area contributed by atoms with Gasteiger partial charge in [-0.2, -0.15) is 10.4 Å². The van der Waals surface area contributed by atoms with Crippen molar-refractivity contribution in [3.8, 4) is 6.07 Å². The molecule has 3 N–H and O–H groups in total. The molecule has 2 aromatic rings. The Balaban J connectivity index is 2.46. The van der Waals surface area contributed by atoms with E-state index in [0.717, 1.165) is 11.1 Å². The van der Waals surface area contributed by atoms with Gasteiger partial charge in [-0.1, -0.05) is 60.7 Å². The Kier molecular flexibility index (Phi) is 7.73. The molecule has 7 heteroatoms. The summed E-state index contributed by atoms with van der Waals surface area (Å²) in [6, 6.07) is 19.7. The number of hydrazone groups is 1. The zero-order valence-electron chi connectivity index (χ0n) is 15.5. The molecule has 0 saturated carbocycles. The summed E-state index contributed by atoms with van der Waals surface area (Å²) in [7, 11) is 0. The van der Waals surface area contributed by atoms with E-state index in [4.69, 9.17) is 10.5 Å².